The van der Waals surface area contributed by atoms with Crippen molar-refractivity contribution in [2.24, 2.45) is 0 Å². The van der Waals surface area contributed by atoms with Gasteiger partial charge in [0, 0.05) is 21.7 Å². The van der Waals surface area contributed by atoms with Crippen molar-refractivity contribution >= 4 is 33.9 Å². The second kappa shape index (κ2) is 9.86. The van der Waals surface area contributed by atoms with E-state index >= 15 is 0 Å². The van der Waals surface area contributed by atoms with E-state index in [0.717, 1.165) is 30.0 Å². The number of rotatable bonds is 9. The van der Waals surface area contributed by atoms with Crippen molar-refractivity contribution < 1.29 is 5.11 Å². The van der Waals surface area contributed by atoms with Gasteiger partial charge in [-0.15, -0.1) is 0 Å². The molecule has 0 aromatic heterocycles. The zero-order chi connectivity index (χ0) is 20.9. The molecule has 0 saturated carbocycles. The Balaban J connectivity index is 1.59. The molecule has 0 amide bonds. The molecule has 3 nitrogen and oxygen atoms in total. The van der Waals surface area contributed by atoms with Crippen molar-refractivity contribution in [1.82, 2.24) is 4.90 Å². The highest BCUT2D eigenvalue weighted by Gasteiger charge is 2.19. The number of hydrogen-bond donors (Lipinski definition) is 2. The number of benzene rings is 3. The topological polar surface area (TPSA) is 35.5 Å². The van der Waals surface area contributed by atoms with E-state index in [9.17, 15) is 5.11 Å². The summed E-state index contributed by atoms with van der Waals surface area (Å²) in [5.41, 5.74) is 3.30. The minimum absolute atomic E-state index is 0.470. The Bertz CT molecular complexity index is 995. The molecule has 1 heterocycles. The van der Waals surface area contributed by atoms with Gasteiger partial charge in [-0.1, -0.05) is 68.8 Å². The van der Waals surface area contributed by atoms with E-state index in [0.29, 0.717) is 6.54 Å². The molecular weight excluding hydrogens is 388 g/mol. The number of fused-ring (bicyclic) bond motifs is 4. The average Bonchev–Trinajstić information content (AvgIpc) is 2.79. The van der Waals surface area contributed by atoms with E-state index in [1.54, 1.807) is 0 Å². The maximum atomic E-state index is 11.0. The van der Waals surface area contributed by atoms with Gasteiger partial charge < -0.3 is 15.3 Å². The number of hydrogen-bond acceptors (Lipinski definition) is 4. The van der Waals surface area contributed by atoms with Gasteiger partial charge in [0.05, 0.1) is 17.5 Å². The third kappa shape index (κ3) is 4.66. The molecule has 0 radical (unpaired) electrons. The maximum absolute atomic E-state index is 11.0. The molecule has 4 heteroatoms. The van der Waals surface area contributed by atoms with Crippen LogP contribution in [0.2, 0.25) is 0 Å². The molecule has 2 N–H and O–H groups in total. The first-order valence-electron chi connectivity index (χ1n) is 11.2. The van der Waals surface area contributed by atoms with E-state index in [4.69, 9.17) is 0 Å². The van der Waals surface area contributed by atoms with E-state index < -0.39 is 6.10 Å². The van der Waals surface area contributed by atoms with E-state index in [-0.39, 0.29) is 0 Å². The molecule has 158 valence electrons. The fourth-order valence-corrected chi connectivity index (χ4v) is 5.07. The van der Waals surface area contributed by atoms with Crippen molar-refractivity contribution in [1.29, 1.82) is 0 Å². The predicted octanol–water partition coefficient (Wildman–Crippen LogP) is 6.98. The van der Waals surface area contributed by atoms with Gasteiger partial charge >= 0.3 is 0 Å². The van der Waals surface area contributed by atoms with Gasteiger partial charge in [0.15, 0.2) is 0 Å². The van der Waals surface area contributed by atoms with Gasteiger partial charge in [-0.05, 0) is 61.1 Å². The summed E-state index contributed by atoms with van der Waals surface area (Å²) in [6.07, 6.45) is 4.27. The zero-order valence-electron chi connectivity index (χ0n) is 18.0. The highest BCUT2D eigenvalue weighted by atomic mass is 32.2. The first-order chi connectivity index (χ1) is 14.7. The van der Waals surface area contributed by atoms with Gasteiger partial charge in [-0.3, -0.25) is 0 Å². The number of nitrogens with zero attached hydrogens (tertiary/aromatic N) is 1. The minimum Gasteiger partial charge on any atom is -0.387 e. The number of para-hydroxylation sites is 1. The molecule has 30 heavy (non-hydrogen) atoms. The number of aliphatic hydroxyl groups excluding tert-OH is 1. The molecular formula is C26H32N2OS. The molecule has 4 rings (SSSR count). The summed E-state index contributed by atoms with van der Waals surface area (Å²) in [6.45, 7) is 7.27. The SMILES string of the molecule is CCCCN(CCCC)CC(O)c1ccc2ccc3c(c2c1)Nc1ccccc1S3. The Morgan fingerprint density at radius 1 is 0.933 bits per heavy atom. The largest absolute Gasteiger partial charge is 0.387 e. The molecule has 3 aromatic carbocycles. The smallest absolute Gasteiger partial charge is 0.0917 e. The van der Waals surface area contributed by atoms with E-state index in [2.05, 4.69) is 78.7 Å². The molecule has 3 aromatic rings. The zero-order valence-corrected chi connectivity index (χ0v) is 18.8. The Hall–Kier alpha value is -2.01. The lowest BCUT2D eigenvalue weighted by Crippen LogP contribution is -2.30. The van der Waals surface area contributed by atoms with Crippen LogP contribution >= 0.6 is 11.8 Å². The normalized spacial score (nSPS) is 13.7. The summed E-state index contributed by atoms with van der Waals surface area (Å²) in [4.78, 5) is 4.91. The highest BCUT2D eigenvalue weighted by molar-refractivity contribution is 7.99. The van der Waals surface area contributed by atoms with E-state index in [1.807, 2.05) is 11.8 Å². The van der Waals surface area contributed by atoms with Crippen LogP contribution in [0.5, 0.6) is 0 Å². The molecule has 1 aliphatic rings. The first-order valence-corrected chi connectivity index (χ1v) is 12.0. The molecule has 1 unspecified atom stereocenters. The van der Waals surface area contributed by atoms with Crippen molar-refractivity contribution in [2.45, 2.75) is 55.4 Å². The fourth-order valence-electron chi connectivity index (χ4n) is 4.06. The van der Waals surface area contributed by atoms with Crippen LogP contribution in [0.4, 0.5) is 11.4 Å². The molecule has 1 aliphatic heterocycles. The van der Waals surface area contributed by atoms with Crippen LogP contribution in [-0.2, 0) is 0 Å². The number of nitrogens with one attached hydrogen (secondary N) is 1. The molecule has 0 aliphatic carbocycles. The minimum atomic E-state index is -0.470. The van der Waals surface area contributed by atoms with Crippen LogP contribution in [0, 0.1) is 0 Å². The highest BCUT2D eigenvalue weighted by Crippen LogP contribution is 2.47. The van der Waals surface area contributed by atoms with Crippen LogP contribution in [0.3, 0.4) is 0 Å². The third-order valence-corrected chi connectivity index (χ3v) is 6.98. The Morgan fingerprint density at radius 2 is 1.67 bits per heavy atom. The average molecular weight is 421 g/mol. The summed E-state index contributed by atoms with van der Waals surface area (Å²) >= 11 is 1.81. The van der Waals surface area contributed by atoms with Crippen molar-refractivity contribution in [3.63, 3.8) is 0 Å². The van der Waals surface area contributed by atoms with Gasteiger partial charge in [0.25, 0.3) is 0 Å². The Morgan fingerprint density at radius 3 is 2.43 bits per heavy atom. The van der Waals surface area contributed by atoms with Crippen LogP contribution in [0.1, 0.15) is 51.2 Å². The summed E-state index contributed by atoms with van der Waals surface area (Å²) in [5, 5.41) is 17.1. The van der Waals surface area contributed by atoms with Gasteiger partial charge in [0.1, 0.15) is 0 Å². The standard InChI is InChI=1S/C26H32N2OS/c1-3-5-15-28(16-6-4-2)18-23(29)20-12-11-19-13-14-25-26(21(19)17-20)27-22-9-7-8-10-24(22)30-25/h7-14,17,23,27,29H,3-6,15-16,18H2,1-2H3. The summed E-state index contributed by atoms with van der Waals surface area (Å²) in [6, 6.07) is 19.2. The van der Waals surface area contributed by atoms with Gasteiger partial charge in [0.2, 0.25) is 0 Å². The van der Waals surface area contributed by atoms with Crippen LogP contribution in [0.15, 0.2) is 64.4 Å². The summed E-state index contributed by atoms with van der Waals surface area (Å²) in [7, 11) is 0. The van der Waals surface area contributed by atoms with Gasteiger partial charge in [-0.2, -0.15) is 0 Å². The second-order valence-corrected chi connectivity index (χ2v) is 9.25. The lowest BCUT2D eigenvalue weighted by atomic mass is 10.0. The lowest BCUT2D eigenvalue weighted by molar-refractivity contribution is 0.111. The summed E-state index contributed by atoms with van der Waals surface area (Å²) in [5.74, 6) is 0. The summed E-state index contributed by atoms with van der Waals surface area (Å²) < 4.78 is 0. The van der Waals surface area contributed by atoms with Crippen LogP contribution in [-0.4, -0.2) is 29.6 Å². The Kier molecular flexibility index (Phi) is 6.98. The molecule has 0 bridgehead atoms. The van der Waals surface area contributed by atoms with Crippen LogP contribution in [0.25, 0.3) is 10.8 Å². The second-order valence-electron chi connectivity index (χ2n) is 8.17. The monoisotopic (exact) mass is 420 g/mol. The van der Waals surface area contributed by atoms with Crippen molar-refractivity contribution in [2.75, 3.05) is 25.0 Å². The molecule has 0 fully saturated rings. The Labute approximate surface area is 184 Å². The number of unbranched alkanes of at least 4 members (excludes halogenated alkanes) is 2. The quantitative estimate of drug-likeness (QED) is 0.306. The van der Waals surface area contributed by atoms with Crippen molar-refractivity contribution in [3.05, 3.63) is 60.2 Å². The molecule has 1 atom stereocenters. The molecule has 0 spiro atoms. The predicted molar refractivity (Wildman–Crippen MR) is 129 cm³/mol. The van der Waals surface area contributed by atoms with Crippen LogP contribution < -0.4 is 5.32 Å². The first kappa shape index (κ1) is 21.2. The maximum Gasteiger partial charge on any atom is 0.0917 e. The van der Waals surface area contributed by atoms with Crippen molar-refractivity contribution in [3.8, 4) is 0 Å². The molecule has 0 saturated heterocycles. The van der Waals surface area contributed by atoms with Gasteiger partial charge in [-0.25, -0.2) is 0 Å². The lowest BCUT2D eigenvalue weighted by Gasteiger charge is -2.26. The fraction of sp³-hybridized carbons (Fsp3) is 0.385. The third-order valence-electron chi connectivity index (χ3n) is 5.85. The number of anilines is 2. The van der Waals surface area contributed by atoms with E-state index in [1.165, 1.54) is 46.2 Å². The number of aliphatic hydroxyl groups is 1.